The molecule has 14 heavy (non-hydrogen) atoms. The van der Waals surface area contributed by atoms with E-state index in [9.17, 15) is 13.2 Å². The molecule has 1 rings (SSSR count). The molecule has 0 atom stereocenters. The van der Waals surface area contributed by atoms with Gasteiger partial charge >= 0.3 is 0 Å². The molecule has 1 N–H and O–H groups in total. The Labute approximate surface area is 80.2 Å². The summed E-state index contributed by atoms with van der Waals surface area (Å²) in [6, 6.07) is 1.58. The summed E-state index contributed by atoms with van der Waals surface area (Å²) in [7, 11) is 0. The molecule has 0 saturated carbocycles. The van der Waals surface area contributed by atoms with Gasteiger partial charge in [0.2, 0.25) is 0 Å². The molecular formula is C10H11F3O. The Morgan fingerprint density at radius 3 is 2.14 bits per heavy atom. The van der Waals surface area contributed by atoms with Crippen LogP contribution in [-0.4, -0.2) is 11.7 Å². The summed E-state index contributed by atoms with van der Waals surface area (Å²) in [6.07, 6.45) is 0. The number of aliphatic hydroxyl groups is 1. The third-order valence-corrected chi connectivity index (χ3v) is 2.12. The maximum atomic E-state index is 13.2. The molecule has 0 bridgehead atoms. The first kappa shape index (κ1) is 11.0. The second-order valence-electron chi connectivity index (χ2n) is 3.76. The number of hydrogen-bond donors (Lipinski definition) is 1. The molecule has 0 radical (unpaired) electrons. The number of rotatable bonds is 2. The molecule has 78 valence electrons. The molecular weight excluding hydrogens is 193 g/mol. The van der Waals surface area contributed by atoms with Gasteiger partial charge in [0.1, 0.15) is 5.82 Å². The summed E-state index contributed by atoms with van der Waals surface area (Å²) in [6.45, 7) is 2.42. The van der Waals surface area contributed by atoms with Gasteiger partial charge in [-0.05, 0) is 12.1 Å². The van der Waals surface area contributed by atoms with Crippen molar-refractivity contribution in [3.63, 3.8) is 0 Å². The van der Waals surface area contributed by atoms with Crippen LogP contribution in [0.3, 0.4) is 0 Å². The second-order valence-corrected chi connectivity index (χ2v) is 3.76. The highest BCUT2D eigenvalue weighted by Crippen LogP contribution is 2.28. The molecule has 1 aromatic rings. The molecule has 0 aromatic heterocycles. The van der Waals surface area contributed by atoms with Gasteiger partial charge in [0.05, 0.1) is 6.61 Å². The van der Waals surface area contributed by atoms with E-state index in [4.69, 9.17) is 5.11 Å². The number of hydrogen-bond acceptors (Lipinski definition) is 1. The van der Waals surface area contributed by atoms with Gasteiger partial charge in [-0.2, -0.15) is 0 Å². The Morgan fingerprint density at radius 1 is 1.14 bits per heavy atom. The van der Waals surface area contributed by atoms with Crippen LogP contribution >= 0.6 is 0 Å². The summed E-state index contributed by atoms with van der Waals surface area (Å²) < 4.78 is 39.2. The molecule has 0 aliphatic heterocycles. The molecule has 0 aliphatic rings. The standard InChI is InChI=1S/C10H11F3O/c1-10(2,5-14)8-6(11)3-4-7(12)9(8)13/h3-4,14H,5H2,1-2H3. The fraction of sp³-hybridized carbons (Fsp3) is 0.400. The molecule has 1 aromatic carbocycles. The van der Waals surface area contributed by atoms with Gasteiger partial charge in [0.25, 0.3) is 0 Å². The van der Waals surface area contributed by atoms with Gasteiger partial charge in [-0.1, -0.05) is 13.8 Å². The first-order valence-corrected chi connectivity index (χ1v) is 4.15. The lowest BCUT2D eigenvalue weighted by Gasteiger charge is -2.23. The number of halogens is 3. The van der Waals surface area contributed by atoms with Crippen LogP contribution in [0.5, 0.6) is 0 Å². The Bertz CT molecular complexity index is 347. The maximum Gasteiger partial charge on any atom is 0.165 e. The maximum absolute atomic E-state index is 13.2. The normalized spacial score (nSPS) is 11.9. The van der Waals surface area contributed by atoms with E-state index < -0.39 is 35.0 Å². The third-order valence-electron chi connectivity index (χ3n) is 2.12. The Hall–Kier alpha value is -1.03. The van der Waals surface area contributed by atoms with Crippen molar-refractivity contribution in [3.8, 4) is 0 Å². The van der Waals surface area contributed by atoms with Crippen LogP contribution < -0.4 is 0 Å². The Kier molecular flexibility index (Phi) is 2.85. The number of aliphatic hydroxyl groups excluding tert-OH is 1. The minimum absolute atomic E-state index is 0.417. The van der Waals surface area contributed by atoms with Crippen molar-refractivity contribution in [2.24, 2.45) is 0 Å². The lowest BCUT2D eigenvalue weighted by Crippen LogP contribution is -2.25. The fourth-order valence-electron chi connectivity index (χ4n) is 1.23. The van der Waals surface area contributed by atoms with Crippen LogP contribution in [0.15, 0.2) is 12.1 Å². The smallest absolute Gasteiger partial charge is 0.165 e. The van der Waals surface area contributed by atoms with Gasteiger partial charge in [0, 0.05) is 11.0 Å². The van der Waals surface area contributed by atoms with Gasteiger partial charge in [-0.3, -0.25) is 0 Å². The van der Waals surface area contributed by atoms with E-state index in [0.717, 1.165) is 12.1 Å². The van der Waals surface area contributed by atoms with Crippen LogP contribution in [0.4, 0.5) is 13.2 Å². The monoisotopic (exact) mass is 204 g/mol. The van der Waals surface area contributed by atoms with E-state index in [-0.39, 0.29) is 0 Å². The summed E-state index contributed by atoms with van der Waals surface area (Å²) in [5.41, 5.74) is -1.55. The number of benzene rings is 1. The highest BCUT2D eigenvalue weighted by molar-refractivity contribution is 5.28. The zero-order valence-corrected chi connectivity index (χ0v) is 7.94. The van der Waals surface area contributed by atoms with Crippen molar-refractivity contribution >= 4 is 0 Å². The molecule has 0 fully saturated rings. The van der Waals surface area contributed by atoms with E-state index in [1.165, 1.54) is 13.8 Å². The van der Waals surface area contributed by atoms with Gasteiger partial charge < -0.3 is 5.11 Å². The van der Waals surface area contributed by atoms with E-state index in [1.807, 2.05) is 0 Å². The molecule has 0 unspecified atom stereocenters. The average molecular weight is 204 g/mol. The first-order valence-electron chi connectivity index (χ1n) is 4.15. The van der Waals surface area contributed by atoms with Crippen molar-refractivity contribution in [1.29, 1.82) is 0 Å². The third kappa shape index (κ3) is 1.75. The Morgan fingerprint density at radius 2 is 1.64 bits per heavy atom. The fourth-order valence-corrected chi connectivity index (χ4v) is 1.23. The minimum Gasteiger partial charge on any atom is -0.395 e. The van der Waals surface area contributed by atoms with Gasteiger partial charge in [0.15, 0.2) is 11.6 Å². The lowest BCUT2D eigenvalue weighted by molar-refractivity contribution is 0.209. The predicted octanol–water partition coefficient (Wildman–Crippen LogP) is 2.37. The van der Waals surface area contributed by atoms with Crippen LogP contribution in [-0.2, 0) is 5.41 Å². The molecule has 1 nitrogen and oxygen atoms in total. The summed E-state index contributed by atoms with van der Waals surface area (Å²) >= 11 is 0. The highest BCUT2D eigenvalue weighted by atomic mass is 19.2. The second kappa shape index (κ2) is 3.61. The summed E-state index contributed by atoms with van der Waals surface area (Å²) in [4.78, 5) is 0. The van der Waals surface area contributed by atoms with Crippen LogP contribution in [0.25, 0.3) is 0 Å². The quantitative estimate of drug-likeness (QED) is 0.733. The van der Waals surface area contributed by atoms with Gasteiger partial charge in [-0.25, -0.2) is 13.2 Å². The van der Waals surface area contributed by atoms with E-state index in [0.29, 0.717) is 0 Å². The zero-order chi connectivity index (χ0) is 10.9. The predicted molar refractivity (Wildman–Crippen MR) is 46.4 cm³/mol. The Balaban J connectivity index is 3.40. The van der Waals surface area contributed by atoms with Crippen LogP contribution in [0.2, 0.25) is 0 Å². The molecule has 0 aliphatic carbocycles. The lowest BCUT2D eigenvalue weighted by atomic mass is 9.85. The highest BCUT2D eigenvalue weighted by Gasteiger charge is 2.28. The molecule has 0 amide bonds. The molecule has 0 heterocycles. The summed E-state index contributed by atoms with van der Waals surface area (Å²) in [5, 5.41) is 8.93. The van der Waals surface area contributed by atoms with E-state index in [2.05, 4.69) is 0 Å². The summed E-state index contributed by atoms with van der Waals surface area (Å²) in [5.74, 6) is -3.19. The largest absolute Gasteiger partial charge is 0.395 e. The zero-order valence-electron chi connectivity index (χ0n) is 7.94. The van der Waals surface area contributed by atoms with E-state index in [1.54, 1.807) is 0 Å². The van der Waals surface area contributed by atoms with Crippen molar-refractivity contribution < 1.29 is 18.3 Å². The van der Waals surface area contributed by atoms with Crippen molar-refractivity contribution in [2.75, 3.05) is 6.61 Å². The SMILES string of the molecule is CC(C)(CO)c1c(F)ccc(F)c1F. The molecule has 4 heteroatoms. The van der Waals surface area contributed by atoms with Crippen molar-refractivity contribution in [2.45, 2.75) is 19.3 Å². The average Bonchev–Trinajstić information content (AvgIpc) is 2.12. The molecule has 0 saturated heterocycles. The molecule has 0 spiro atoms. The van der Waals surface area contributed by atoms with E-state index >= 15 is 0 Å². The van der Waals surface area contributed by atoms with Crippen molar-refractivity contribution in [3.05, 3.63) is 35.1 Å². The van der Waals surface area contributed by atoms with Gasteiger partial charge in [-0.15, -0.1) is 0 Å². The van der Waals surface area contributed by atoms with Crippen LogP contribution in [0.1, 0.15) is 19.4 Å². The van der Waals surface area contributed by atoms with Crippen LogP contribution in [0, 0.1) is 17.5 Å². The topological polar surface area (TPSA) is 20.2 Å². The van der Waals surface area contributed by atoms with Crippen molar-refractivity contribution in [1.82, 2.24) is 0 Å². The first-order chi connectivity index (χ1) is 6.40. The minimum atomic E-state index is -1.23.